The van der Waals surface area contributed by atoms with Gasteiger partial charge in [-0.15, -0.1) is 0 Å². The molecular formula is C30H66N4. The smallest absolute Gasteiger partial charge is 0.0110 e. The third kappa shape index (κ3) is 20.1. The van der Waals surface area contributed by atoms with Gasteiger partial charge in [0.05, 0.1) is 0 Å². The molecule has 0 aromatic heterocycles. The van der Waals surface area contributed by atoms with Gasteiger partial charge in [0, 0.05) is 78.5 Å². The molecule has 4 nitrogen and oxygen atoms in total. The summed E-state index contributed by atoms with van der Waals surface area (Å²) in [5.74, 6) is 4.37. The van der Waals surface area contributed by atoms with E-state index in [1.54, 1.807) is 0 Å². The third-order valence-electron chi connectivity index (χ3n) is 5.94. The monoisotopic (exact) mass is 483 g/mol. The van der Waals surface area contributed by atoms with Gasteiger partial charge in [-0.3, -0.25) is 0 Å². The standard InChI is InChI=1S/C30H66N4/c1-25(2)19-31(15-17-33(21-27(5)6)22-28(7)8)13-14-32(20-26(3)4)16-18-34(23-29(9)10)24-30(11)12/h25-30H,13-24H2,1-12H3. The Morgan fingerprint density at radius 2 is 0.412 bits per heavy atom. The zero-order chi connectivity index (χ0) is 26.3. The van der Waals surface area contributed by atoms with Crippen LogP contribution in [0, 0.1) is 35.5 Å². The summed E-state index contributed by atoms with van der Waals surface area (Å²) >= 11 is 0. The average Bonchev–Trinajstić information content (AvgIpc) is 2.64. The minimum absolute atomic E-state index is 0.717. The summed E-state index contributed by atoms with van der Waals surface area (Å²) in [6.07, 6.45) is 0. The van der Waals surface area contributed by atoms with Crippen molar-refractivity contribution in [1.29, 1.82) is 0 Å². The molecule has 0 radical (unpaired) electrons. The van der Waals surface area contributed by atoms with Crippen molar-refractivity contribution in [3.8, 4) is 0 Å². The molecule has 0 aromatic carbocycles. The van der Waals surface area contributed by atoms with E-state index in [9.17, 15) is 0 Å². The van der Waals surface area contributed by atoms with Crippen LogP contribution < -0.4 is 0 Å². The van der Waals surface area contributed by atoms with E-state index in [2.05, 4.69) is 103 Å². The predicted molar refractivity (Wildman–Crippen MR) is 155 cm³/mol. The van der Waals surface area contributed by atoms with Crippen LogP contribution in [0.15, 0.2) is 0 Å². The molecule has 0 rings (SSSR count). The van der Waals surface area contributed by atoms with Crippen LogP contribution in [0.1, 0.15) is 83.1 Å². The first-order chi connectivity index (χ1) is 15.8. The van der Waals surface area contributed by atoms with Crippen LogP contribution >= 0.6 is 0 Å². The van der Waals surface area contributed by atoms with Gasteiger partial charge in [-0.25, -0.2) is 0 Å². The van der Waals surface area contributed by atoms with E-state index in [0.29, 0.717) is 0 Å². The number of rotatable bonds is 21. The summed E-state index contributed by atoms with van der Waals surface area (Å²) in [5.41, 5.74) is 0. The molecule has 0 atom stereocenters. The van der Waals surface area contributed by atoms with Gasteiger partial charge < -0.3 is 19.6 Å². The predicted octanol–water partition coefficient (Wildman–Crippen LogP) is 6.13. The summed E-state index contributed by atoms with van der Waals surface area (Å²) < 4.78 is 0. The zero-order valence-electron chi connectivity index (χ0n) is 25.7. The van der Waals surface area contributed by atoms with Crippen molar-refractivity contribution in [3.05, 3.63) is 0 Å². The van der Waals surface area contributed by atoms with Crippen molar-refractivity contribution in [1.82, 2.24) is 19.6 Å². The normalized spacial score (nSPS) is 13.2. The molecule has 0 aromatic rings. The van der Waals surface area contributed by atoms with Gasteiger partial charge in [-0.2, -0.15) is 0 Å². The molecule has 0 unspecified atom stereocenters. The molecular weight excluding hydrogens is 416 g/mol. The van der Waals surface area contributed by atoms with E-state index in [-0.39, 0.29) is 0 Å². The van der Waals surface area contributed by atoms with Crippen LogP contribution in [0.25, 0.3) is 0 Å². The van der Waals surface area contributed by atoms with Gasteiger partial charge >= 0.3 is 0 Å². The Bertz CT molecular complexity index is 397. The highest BCUT2D eigenvalue weighted by Gasteiger charge is 2.17. The molecule has 34 heavy (non-hydrogen) atoms. The third-order valence-corrected chi connectivity index (χ3v) is 5.94. The maximum absolute atomic E-state index is 2.74. The first kappa shape index (κ1) is 33.8. The number of hydrogen-bond acceptors (Lipinski definition) is 4. The van der Waals surface area contributed by atoms with Crippen LogP contribution in [0.4, 0.5) is 0 Å². The fourth-order valence-electron chi connectivity index (χ4n) is 5.05. The van der Waals surface area contributed by atoms with Gasteiger partial charge in [0.25, 0.3) is 0 Å². The molecule has 0 saturated heterocycles. The van der Waals surface area contributed by atoms with Gasteiger partial charge in [0.15, 0.2) is 0 Å². The van der Waals surface area contributed by atoms with E-state index in [1.807, 2.05) is 0 Å². The minimum Gasteiger partial charge on any atom is -0.302 e. The Balaban J connectivity index is 5.03. The Hall–Kier alpha value is -0.160. The van der Waals surface area contributed by atoms with E-state index < -0.39 is 0 Å². The molecule has 0 fully saturated rings. The van der Waals surface area contributed by atoms with Crippen molar-refractivity contribution >= 4 is 0 Å². The Kier molecular flexibility index (Phi) is 18.9. The van der Waals surface area contributed by atoms with Crippen LogP contribution in [0.5, 0.6) is 0 Å². The molecule has 0 bridgehead atoms. The lowest BCUT2D eigenvalue weighted by atomic mass is 10.1. The largest absolute Gasteiger partial charge is 0.302 e. The van der Waals surface area contributed by atoms with E-state index in [0.717, 1.165) is 35.5 Å². The topological polar surface area (TPSA) is 13.0 Å². The number of nitrogens with zero attached hydrogens (tertiary/aromatic N) is 4. The summed E-state index contributed by atoms with van der Waals surface area (Å²) in [6.45, 7) is 42.7. The van der Waals surface area contributed by atoms with Crippen LogP contribution in [0.3, 0.4) is 0 Å². The maximum atomic E-state index is 2.74. The van der Waals surface area contributed by atoms with Gasteiger partial charge in [0.2, 0.25) is 0 Å². The lowest BCUT2D eigenvalue weighted by Crippen LogP contribution is -2.45. The van der Waals surface area contributed by atoms with Crippen LogP contribution in [0.2, 0.25) is 0 Å². The highest BCUT2D eigenvalue weighted by Crippen LogP contribution is 2.08. The van der Waals surface area contributed by atoms with Gasteiger partial charge in [-0.05, 0) is 35.5 Å². The van der Waals surface area contributed by atoms with Gasteiger partial charge in [0.1, 0.15) is 0 Å². The fourth-order valence-corrected chi connectivity index (χ4v) is 5.05. The average molecular weight is 483 g/mol. The SMILES string of the molecule is CC(C)CN(CCN(CCN(CC(C)C)CC(C)C)CC(C)C)CCN(CC(C)C)CC(C)C. The molecule has 206 valence electrons. The number of hydrogen-bond donors (Lipinski definition) is 0. The molecule has 0 amide bonds. The van der Waals surface area contributed by atoms with Crippen LogP contribution in [-0.4, -0.2) is 98.1 Å². The van der Waals surface area contributed by atoms with Crippen LogP contribution in [-0.2, 0) is 0 Å². The molecule has 0 N–H and O–H groups in total. The van der Waals surface area contributed by atoms with E-state index in [1.165, 1.54) is 78.5 Å². The molecule has 0 saturated carbocycles. The van der Waals surface area contributed by atoms with Crippen molar-refractivity contribution in [2.45, 2.75) is 83.1 Å². The minimum atomic E-state index is 0.717. The van der Waals surface area contributed by atoms with Crippen molar-refractivity contribution in [2.24, 2.45) is 35.5 Å². The lowest BCUT2D eigenvalue weighted by molar-refractivity contribution is 0.133. The highest BCUT2D eigenvalue weighted by molar-refractivity contribution is 4.72. The first-order valence-corrected chi connectivity index (χ1v) is 14.7. The second-order valence-corrected chi connectivity index (χ2v) is 13.5. The van der Waals surface area contributed by atoms with Crippen molar-refractivity contribution in [2.75, 3.05) is 78.5 Å². The van der Waals surface area contributed by atoms with Crippen molar-refractivity contribution < 1.29 is 0 Å². The first-order valence-electron chi connectivity index (χ1n) is 14.7. The molecule has 0 heterocycles. The summed E-state index contributed by atoms with van der Waals surface area (Å²) in [6, 6.07) is 0. The summed E-state index contributed by atoms with van der Waals surface area (Å²) in [7, 11) is 0. The molecule has 0 aliphatic carbocycles. The molecule has 0 aliphatic heterocycles. The summed E-state index contributed by atoms with van der Waals surface area (Å²) in [5, 5.41) is 0. The second kappa shape index (κ2) is 19.0. The second-order valence-electron chi connectivity index (χ2n) is 13.5. The summed E-state index contributed by atoms with van der Waals surface area (Å²) in [4.78, 5) is 10.9. The van der Waals surface area contributed by atoms with E-state index >= 15 is 0 Å². The quantitative estimate of drug-likeness (QED) is 0.195. The molecule has 0 aliphatic rings. The Morgan fingerprint density at radius 1 is 0.265 bits per heavy atom. The highest BCUT2D eigenvalue weighted by atomic mass is 15.2. The van der Waals surface area contributed by atoms with Gasteiger partial charge in [-0.1, -0.05) is 83.1 Å². The van der Waals surface area contributed by atoms with E-state index in [4.69, 9.17) is 0 Å². The lowest BCUT2D eigenvalue weighted by Gasteiger charge is -2.34. The Morgan fingerprint density at radius 3 is 0.588 bits per heavy atom. The Labute approximate surface area is 216 Å². The fraction of sp³-hybridized carbons (Fsp3) is 1.00. The zero-order valence-corrected chi connectivity index (χ0v) is 25.7. The maximum Gasteiger partial charge on any atom is 0.0110 e. The molecule has 0 spiro atoms. The van der Waals surface area contributed by atoms with Crippen molar-refractivity contribution in [3.63, 3.8) is 0 Å². The molecule has 4 heteroatoms.